The molecule has 0 aliphatic heterocycles. The molecule has 0 spiro atoms. The molecule has 0 aromatic heterocycles. The Balaban J connectivity index is 0.00000182. The Bertz CT molecular complexity index is 578. The number of nitrogens with one attached hydrogen (secondary N) is 1. The summed E-state index contributed by atoms with van der Waals surface area (Å²) in [5, 5.41) is 3.20. The highest BCUT2D eigenvalue weighted by Gasteiger charge is 2.32. The third-order valence-electron chi connectivity index (χ3n) is 6.19. The van der Waals surface area contributed by atoms with E-state index in [4.69, 9.17) is 5.73 Å². The van der Waals surface area contributed by atoms with Crippen molar-refractivity contribution < 1.29 is 4.79 Å². The highest BCUT2D eigenvalue weighted by Crippen LogP contribution is 2.32. The lowest BCUT2D eigenvalue weighted by Gasteiger charge is -2.31. The molecule has 1 amide bonds. The summed E-state index contributed by atoms with van der Waals surface area (Å²) in [6, 6.07) is 8.93. The van der Waals surface area contributed by atoms with Gasteiger partial charge >= 0.3 is 0 Å². The number of anilines is 1. The maximum absolute atomic E-state index is 12.7. The molecule has 3 rings (SSSR count). The standard InChI is InChI=1S/C21H33N3O.2ClH/c1-24(18-10-3-2-4-11-18)15-17-8-5-6-13-20(17)23-21(25)19-12-7-9-16(19)14-22;;/h5-6,8,13,16,18-19H,2-4,7,9-12,14-15,22H2,1H3,(H,23,25);2*1H/t16-,19-;;/m1../s1. The van der Waals surface area contributed by atoms with Crippen molar-refractivity contribution in [1.29, 1.82) is 0 Å². The predicted octanol–water partition coefficient (Wildman–Crippen LogP) is 4.61. The fourth-order valence-electron chi connectivity index (χ4n) is 4.59. The van der Waals surface area contributed by atoms with Crippen LogP contribution >= 0.6 is 24.8 Å². The lowest BCUT2D eigenvalue weighted by molar-refractivity contribution is -0.120. The molecule has 2 atom stereocenters. The van der Waals surface area contributed by atoms with Crippen LogP contribution < -0.4 is 11.1 Å². The number of nitrogens with two attached hydrogens (primary N) is 1. The summed E-state index contributed by atoms with van der Waals surface area (Å²) in [6.07, 6.45) is 9.83. The van der Waals surface area contributed by atoms with Crippen LogP contribution in [0, 0.1) is 11.8 Å². The maximum atomic E-state index is 12.7. The van der Waals surface area contributed by atoms with Crippen LogP contribution in [0.4, 0.5) is 5.69 Å². The van der Waals surface area contributed by atoms with Crippen molar-refractivity contribution in [1.82, 2.24) is 4.90 Å². The van der Waals surface area contributed by atoms with Gasteiger partial charge in [-0.15, -0.1) is 24.8 Å². The van der Waals surface area contributed by atoms with Gasteiger partial charge in [-0.2, -0.15) is 0 Å². The summed E-state index contributed by atoms with van der Waals surface area (Å²) in [6.45, 7) is 1.51. The number of hydrogen-bond acceptors (Lipinski definition) is 3. The van der Waals surface area contributed by atoms with E-state index in [1.54, 1.807) is 0 Å². The van der Waals surface area contributed by atoms with Crippen molar-refractivity contribution in [2.75, 3.05) is 18.9 Å². The van der Waals surface area contributed by atoms with E-state index >= 15 is 0 Å². The van der Waals surface area contributed by atoms with Crippen LogP contribution in [-0.2, 0) is 11.3 Å². The summed E-state index contributed by atoms with van der Waals surface area (Å²) < 4.78 is 0. The molecule has 0 heterocycles. The Hall–Kier alpha value is -0.810. The van der Waals surface area contributed by atoms with E-state index in [-0.39, 0.29) is 36.6 Å². The van der Waals surface area contributed by atoms with E-state index in [2.05, 4.69) is 29.4 Å². The SMILES string of the molecule is CN(Cc1ccccc1NC(=O)[C@@H]1CCC[C@@H]1CN)C1CCCCC1.Cl.Cl. The third kappa shape index (κ3) is 6.35. The second kappa shape index (κ2) is 11.9. The summed E-state index contributed by atoms with van der Waals surface area (Å²) in [4.78, 5) is 15.2. The van der Waals surface area contributed by atoms with Crippen LogP contribution in [0.15, 0.2) is 24.3 Å². The molecule has 6 heteroatoms. The van der Waals surface area contributed by atoms with Gasteiger partial charge in [0.15, 0.2) is 0 Å². The monoisotopic (exact) mass is 415 g/mol. The normalized spacial score (nSPS) is 22.8. The highest BCUT2D eigenvalue weighted by molar-refractivity contribution is 5.93. The van der Waals surface area contributed by atoms with Gasteiger partial charge in [-0.25, -0.2) is 0 Å². The second-order valence-electron chi connectivity index (χ2n) is 7.89. The molecule has 0 saturated heterocycles. The van der Waals surface area contributed by atoms with Crippen LogP contribution in [-0.4, -0.2) is 30.4 Å². The second-order valence-corrected chi connectivity index (χ2v) is 7.89. The molecular weight excluding hydrogens is 381 g/mol. The quantitative estimate of drug-likeness (QED) is 0.712. The van der Waals surface area contributed by atoms with Crippen LogP contribution in [0.3, 0.4) is 0 Å². The molecule has 3 N–H and O–H groups in total. The summed E-state index contributed by atoms with van der Waals surface area (Å²) >= 11 is 0. The molecule has 1 aromatic rings. The zero-order valence-electron chi connectivity index (χ0n) is 16.4. The molecule has 0 unspecified atom stereocenters. The summed E-state index contributed by atoms with van der Waals surface area (Å²) in [5.74, 6) is 0.576. The smallest absolute Gasteiger partial charge is 0.227 e. The summed E-state index contributed by atoms with van der Waals surface area (Å²) in [7, 11) is 2.22. The fourth-order valence-corrected chi connectivity index (χ4v) is 4.59. The average Bonchev–Trinajstić information content (AvgIpc) is 3.13. The van der Waals surface area contributed by atoms with Crippen LogP contribution in [0.1, 0.15) is 56.9 Å². The van der Waals surface area contributed by atoms with E-state index in [0.717, 1.165) is 31.5 Å². The number of hydrogen-bond donors (Lipinski definition) is 2. The molecule has 2 aliphatic carbocycles. The molecular formula is C21H35Cl2N3O. The number of carbonyl (C=O) groups is 1. The Kier molecular flexibility index (Phi) is 10.7. The third-order valence-corrected chi connectivity index (χ3v) is 6.19. The van der Waals surface area contributed by atoms with Crippen LogP contribution in [0.2, 0.25) is 0 Å². The predicted molar refractivity (Wildman–Crippen MR) is 118 cm³/mol. The number of benzene rings is 1. The van der Waals surface area contributed by atoms with E-state index in [1.165, 1.54) is 37.7 Å². The molecule has 1 aromatic carbocycles. The first kappa shape index (κ1) is 24.2. The molecule has 2 fully saturated rings. The molecule has 0 radical (unpaired) electrons. The van der Waals surface area contributed by atoms with Crippen LogP contribution in [0.5, 0.6) is 0 Å². The van der Waals surface area contributed by atoms with Gasteiger partial charge in [0.2, 0.25) is 5.91 Å². The summed E-state index contributed by atoms with van der Waals surface area (Å²) in [5.41, 5.74) is 8.03. The maximum Gasteiger partial charge on any atom is 0.227 e. The van der Waals surface area contributed by atoms with Crippen molar-refractivity contribution >= 4 is 36.4 Å². The lowest BCUT2D eigenvalue weighted by Crippen LogP contribution is -2.33. The molecule has 2 saturated carbocycles. The van der Waals surface area contributed by atoms with E-state index in [1.807, 2.05) is 12.1 Å². The first-order chi connectivity index (χ1) is 12.2. The molecule has 4 nitrogen and oxygen atoms in total. The number of para-hydroxylation sites is 1. The topological polar surface area (TPSA) is 58.4 Å². The zero-order valence-corrected chi connectivity index (χ0v) is 18.0. The molecule has 2 aliphatic rings. The highest BCUT2D eigenvalue weighted by atomic mass is 35.5. The van der Waals surface area contributed by atoms with Gasteiger partial charge in [0.1, 0.15) is 0 Å². The minimum absolute atomic E-state index is 0. The average molecular weight is 416 g/mol. The van der Waals surface area contributed by atoms with Crippen LogP contribution in [0.25, 0.3) is 0 Å². The van der Waals surface area contributed by atoms with E-state index in [0.29, 0.717) is 18.5 Å². The Labute approximate surface area is 176 Å². The number of carbonyl (C=O) groups excluding carboxylic acids is 1. The largest absolute Gasteiger partial charge is 0.330 e. The first-order valence-electron chi connectivity index (χ1n) is 9.98. The van der Waals surface area contributed by atoms with E-state index in [9.17, 15) is 4.79 Å². The number of amides is 1. The van der Waals surface area contributed by atoms with Crippen molar-refractivity contribution in [3.63, 3.8) is 0 Å². The van der Waals surface area contributed by atoms with E-state index < -0.39 is 0 Å². The number of rotatable bonds is 6. The zero-order chi connectivity index (χ0) is 17.6. The van der Waals surface area contributed by atoms with Gasteiger partial charge in [-0.1, -0.05) is 43.9 Å². The van der Waals surface area contributed by atoms with Gasteiger partial charge in [0.25, 0.3) is 0 Å². The van der Waals surface area contributed by atoms with Gasteiger partial charge in [-0.05, 0) is 56.8 Å². The van der Waals surface area contributed by atoms with Crippen molar-refractivity contribution in [3.8, 4) is 0 Å². The Morgan fingerprint density at radius 1 is 1.07 bits per heavy atom. The Morgan fingerprint density at radius 3 is 2.48 bits per heavy atom. The minimum Gasteiger partial charge on any atom is -0.330 e. The van der Waals surface area contributed by atoms with Gasteiger partial charge < -0.3 is 11.1 Å². The number of halogens is 2. The minimum atomic E-state index is 0. The molecule has 154 valence electrons. The van der Waals surface area contributed by atoms with Gasteiger partial charge in [0.05, 0.1) is 0 Å². The Morgan fingerprint density at radius 2 is 1.78 bits per heavy atom. The fraction of sp³-hybridized carbons (Fsp3) is 0.667. The first-order valence-corrected chi connectivity index (χ1v) is 9.98. The van der Waals surface area contributed by atoms with Gasteiger partial charge in [-0.3, -0.25) is 9.69 Å². The van der Waals surface area contributed by atoms with Crippen molar-refractivity contribution in [3.05, 3.63) is 29.8 Å². The number of nitrogens with zero attached hydrogens (tertiary/aromatic N) is 1. The van der Waals surface area contributed by atoms with Crippen molar-refractivity contribution in [2.45, 2.75) is 64.0 Å². The molecule has 0 bridgehead atoms. The van der Waals surface area contributed by atoms with Gasteiger partial charge in [0, 0.05) is 24.2 Å². The van der Waals surface area contributed by atoms with Crippen molar-refractivity contribution in [2.24, 2.45) is 17.6 Å². The lowest BCUT2D eigenvalue weighted by atomic mass is 9.94. The molecule has 27 heavy (non-hydrogen) atoms.